The van der Waals surface area contributed by atoms with Gasteiger partial charge in [-0.2, -0.15) is 5.26 Å². The molecule has 1 atom stereocenters. The van der Waals surface area contributed by atoms with Gasteiger partial charge in [-0.15, -0.1) is 0 Å². The van der Waals surface area contributed by atoms with Gasteiger partial charge in [0.1, 0.15) is 0 Å². The maximum absolute atomic E-state index is 10.8. The van der Waals surface area contributed by atoms with Crippen LogP contribution in [0.2, 0.25) is 0 Å². The van der Waals surface area contributed by atoms with Crippen LogP contribution in [0.4, 0.5) is 0 Å². The van der Waals surface area contributed by atoms with Crippen molar-refractivity contribution < 1.29 is 38.5 Å². The highest BCUT2D eigenvalue weighted by Crippen LogP contribution is 2.12. The van der Waals surface area contributed by atoms with Crippen molar-refractivity contribution >= 4 is 30.0 Å². The molecule has 48 heavy (non-hydrogen) atoms. The quantitative estimate of drug-likeness (QED) is 0.0942. The van der Waals surface area contributed by atoms with E-state index in [1.807, 2.05) is 50.3 Å². The highest BCUT2D eigenvalue weighted by atomic mass is 16.5. The first-order chi connectivity index (χ1) is 22.4. The van der Waals surface area contributed by atoms with Gasteiger partial charge in [0.25, 0.3) is 0 Å². The Balaban J connectivity index is -0.000000160. The molecule has 0 radical (unpaired) electrons. The summed E-state index contributed by atoms with van der Waals surface area (Å²) in [7, 11) is 1.33. The van der Waals surface area contributed by atoms with Crippen LogP contribution in [-0.2, 0) is 33.4 Å². The Hall–Kier alpha value is -4.97. The molecule has 1 rings (SSSR count). The number of carbonyl (C=O) groups excluding carboxylic acids is 3. The number of carboxylic acid groups (broad SMARTS) is 1. The molecule has 0 amide bonds. The number of hydrogen-bond acceptors (Lipinski definition) is 8. The van der Waals surface area contributed by atoms with Crippen LogP contribution in [0.1, 0.15) is 79.7 Å². The molecule has 0 fully saturated rings. The summed E-state index contributed by atoms with van der Waals surface area (Å²) in [6, 6.07) is 11.7. The number of nitriles is 1. The standard InChI is InChI=1S/C11H20O2.C8H14O2.C8H8.C5H8O2.C4H6O2.C3H3N/c1-4-7-8-10(5-2)9-13-11(12)6-3;1-6(2)5-10-8(9)7(3)4;1-2-8-6-4-3-5-7-8;1-4(2)5(6)7-3;1-3(2)4(5)6;1-2-3-4/h6,10H,3-5,7-9H2,1-2H3;6H,3,5H2,1-2,4H3;2-7H,1H2;1H2,2-3H3;1H2,2H3,(H,5,6);2H,1H2. The van der Waals surface area contributed by atoms with Crippen LogP contribution in [0.25, 0.3) is 6.08 Å². The summed E-state index contributed by atoms with van der Waals surface area (Å²) in [6.07, 6.45) is 8.87. The molecule has 268 valence electrons. The number of allylic oxidation sites excluding steroid dienone is 1. The van der Waals surface area contributed by atoms with Gasteiger partial charge < -0.3 is 19.3 Å². The van der Waals surface area contributed by atoms with Crippen LogP contribution in [0.15, 0.2) is 98.7 Å². The van der Waals surface area contributed by atoms with Gasteiger partial charge in [0.15, 0.2) is 0 Å². The molecule has 0 aliphatic heterocycles. The Kier molecular flexibility index (Phi) is 41.8. The fraction of sp³-hybridized carbons (Fsp3) is 0.410. The minimum absolute atomic E-state index is 0.176. The monoisotopic (exact) mass is 669 g/mol. The van der Waals surface area contributed by atoms with Crippen LogP contribution in [0, 0.1) is 23.2 Å². The van der Waals surface area contributed by atoms with Gasteiger partial charge in [-0.1, -0.05) is 123 Å². The number of rotatable bonds is 13. The lowest BCUT2D eigenvalue weighted by Crippen LogP contribution is -2.12. The fourth-order valence-electron chi connectivity index (χ4n) is 2.29. The second kappa shape index (κ2) is 38.2. The molecular formula is C39H59NO8. The van der Waals surface area contributed by atoms with Crippen molar-refractivity contribution in [1.29, 1.82) is 5.26 Å². The van der Waals surface area contributed by atoms with E-state index in [0.717, 1.165) is 12.8 Å². The van der Waals surface area contributed by atoms with Crippen molar-refractivity contribution in [2.24, 2.45) is 11.8 Å². The number of nitrogens with zero attached hydrogens (tertiary/aromatic N) is 1. The maximum Gasteiger partial charge on any atom is 0.333 e. The van der Waals surface area contributed by atoms with Gasteiger partial charge in [0.2, 0.25) is 0 Å². The first-order valence-electron chi connectivity index (χ1n) is 15.4. The summed E-state index contributed by atoms with van der Waals surface area (Å²) in [4.78, 5) is 41.3. The first kappa shape index (κ1) is 52.6. The number of unbranched alkanes of at least 4 members (excludes halogenated alkanes) is 1. The summed E-state index contributed by atoms with van der Waals surface area (Å²) in [5, 5.41) is 15.4. The van der Waals surface area contributed by atoms with E-state index in [-0.39, 0.29) is 23.5 Å². The van der Waals surface area contributed by atoms with E-state index in [1.54, 1.807) is 19.9 Å². The highest BCUT2D eigenvalue weighted by Gasteiger charge is 2.07. The zero-order valence-electron chi connectivity index (χ0n) is 30.5. The number of carboxylic acids is 1. The molecule has 1 unspecified atom stereocenters. The molecular weight excluding hydrogens is 610 g/mol. The van der Waals surface area contributed by atoms with Crippen LogP contribution >= 0.6 is 0 Å². The second-order valence-electron chi connectivity index (χ2n) is 10.3. The minimum Gasteiger partial charge on any atom is -0.478 e. The van der Waals surface area contributed by atoms with Crippen LogP contribution < -0.4 is 0 Å². The number of aliphatic carboxylic acids is 1. The third-order valence-electron chi connectivity index (χ3n) is 5.09. The number of ether oxygens (including phenoxy) is 3. The lowest BCUT2D eigenvalue weighted by molar-refractivity contribution is -0.140. The third-order valence-corrected chi connectivity index (χ3v) is 5.09. The summed E-state index contributed by atoms with van der Waals surface area (Å²) >= 11 is 0. The van der Waals surface area contributed by atoms with E-state index in [1.165, 1.54) is 44.6 Å². The zero-order valence-corrected chi connectivity index (χ0v) is 30.5. The van der Waals surface area contributed by atoms with E-state index >= 15 is 0 Å². The van der Waals surface area contributed by atoms with Crippen LogP contribution in [0.5, 0.6) is 0 Å². The normalized spacial score (nSPS) is 9.08. The van der Waals surface area contributed by atoms with E-state index < -0.39 is 5.97 Å². The van der Waals surface area contributed by atoms with Crippen molar-refractivity contribution in [2.75, 3.05) is 20.3 Å². The van der Waals surface area contributed by atoms with Crippen molar-refractivity contribution in [1.82, 2.24) is 0 Å². The second-order valence-corrected chi connectivity index (χ2v) is 10.3. The molecule has 0 aromatic heterocycles. The predicted molar refractivity (Wildman–Crippen MR) is 197 cm³/mol. The molecule has 1 aromatic carbocycles. The lowest BCUT2D eigenvalue weighted by Gasteiger charge is -2.13. The maximum atomic E-state index is 10.8. The third kappa shape index (κ3) is 45.5. The summed E-state index contributed by atoms with van der Waals surface area (Å²) in [5.41, 5.74) is 2.24. The Morgan fingerprint density at radius 2 is 1.35 bits per heavy atom. The molecule has 0 heterocycles. The fourth-order valence-corrected chi connectivity index (χ4v) is 2.29. The Morgan fingerprint density at radius 1 is 0.875 bits per heavy atom. The van der Waals surface area contributed by atoms with Crippen molar-refractivity contribution in [3.8, 4) is 6.07 Å². The van der Waals surface area contributed by atoms with E-state index in [2.05, 4.69) is 58.1 Å². The molecule has 9 heteroatoms. The largest absolute Gasteiger partial charge is 0.478 e. The summed E-state index contributed by atoms with van der Waals surface area (Å²) in [5.74, 6) is -0.981. The Bertz CT molecular complexity index is 1130. The predicted octanol–water partition coefficient (Wildman–Crippen LogP) is 9.10. The number of carbonyl (C=O) groups is 4. The Morgan fingerprint density at radius 3 is 1.60 bits per heavy atom. The number of benzene rings is 1. The van der Waals surface area contributed by atoms with Crippen LogP contribution in [-0.4, -0.2) is 49.3 Å². The minimum atomic E-state index is -0.935. The molecule has 0 saturated carbocycles. The molecule has 0 aliphatic carbocycles. The SMILES string of the molecule is C=C(C)C(=O)O.C=C(C)C(=O)OC.C=C(C)C(=O)OCC(C)C.C=CC#N.C=CC(=O)OCC(CC)CCCC.C=Cc1ccccc1. The van der Waals surface area contributed by atoms with Gasteiger partial charge in [0.05, 0.1) is 26.4 Å². The van der Waals surface area contributed by atoms with Crippen molar-refractivity contribution in [3.05, 3.63) is 104 Å². The number of methoxy groups -OCH3 is 1. The average molecular weight is 670 g/mol. The molecule has 9 nitrogen and oxygen atoms in total. The molecule has 1 aromatic rings. The summed E-state index contributed by atoms with van der Waals surface area (Å²) < 4.78 is 14.1. The first-order valence-corrected chi connectivity index (χ1v) is 15.4. The molecule has 0 aliphatic rings. The Labute approximate surface area is 290 Å². The van der Waals surface area contributed by atoms with Gasteiger partial charge in [0, 0.05) is 28.9 Å². The van der Waals surface area contributed by atoms with Crippen LogP contribution in [0.3, 0.4) is 0 Å². The smallest absolute Gasteiger partial charge is 0.333 e. The average Bonchev–Trinajstić information content (AvgIpc) is 3.08. The van der Waals surface area contributed by atoms with E-state index in [4.69, 9.17) is 19.8 Å². The van der Waals surface area contributed by atoms with Gasteiger partial charge in [-0.05, 0) is 44.6 Å². The van der Waals surface area contributed by atoms with E-state index in [0.29, 0.717) is 36.2 Å². The van der Waals surface area contributed by atoms with Gasteiger partial charge in [-0.25, -0.2) is 19.2 Å². The zero-order chi connectivity index (χ0) is 38.5. The topological polar surface area (TPSA) is 140 Å². The number of esters is 3. The van der Waals surface area contributed by atoms with E-state index in [9.17, 15) is 19.2 Å². The van der Waals surface area contributed by atoms with Crippen molar-refractivity contribution in [2.45, 2.75) is 74.1 Å². The van der Waals surface area contributed by atoms with Gasteiger partial charge in [-0.3, -0.25) is 0 Å². The van der Waals surface area contributed by atoms with Crippen molar-refractivity contribution in [3.63, 3.8) is 0 Å². The molecule has 1 N–H and O–H groups in total. The molecule has 0 bridgehead atoms. The lowest BCUT2D eigenvalue weighted by atomic mass is 10.0. The van der Waals surface area contributed by atoms with Gasteiger partial charge >= 0.3 is 23.9 Å². The number of hydrogen-bond donors (Lipinski definition) is 1. The summed E-state index contributed by atoms with van der Waals surface area (Å²) in [6.45, 7) is 34.1. The molecule has 0 saturated heterocycles. The molecule has 0 spiro atoms. The highest BCUT2D eigenvalue weighted by molar-refractivity contribution is 5.87.